The molecule has 0 atom stereocenters. The van der Waals surface area contributed by atoms with Crippen LogP contribution in [0.25, 0.3) is 0 Å². The van der Waals surface area contributed by atoms with Crippen molar-refractivity contribution in [1.29, 1.82) is 0 Å². The predicted molar refractivity (Wildman–Crippen MR) is 109 cm³/mol. The Bertz CT molecular complexity index is 647. The Morgan fingerprint density at radius 1 is 1.19 bits per heavy atom. The molecule has 1 N–H and O–H groups in total. The van der Waals surface area contributed by atoms with Crippen LogP contribution in [-0.2, 0) is 16.0 Å². The van der Waals surface area contributed by atoms with Gasteiger partial charge in [0, 0.05) is 31.2 Å². The number of carboxylic acid groups (broad SMARTS) is 1. The van der Waals surface area contributed by atoms with Gasteiger partial charge in [-0.1, -0.05) is 25.1 Å². The molecular weight excluding hydrogens is 366 g/mol. The summed E-state index contributed by atoms with van der Waals surface area (Å²) in [4.78, 5) is 29.9. The molecule has 1 saturated heterocycles. The number of nitrogens with zero attached hydrogens (tertiary/aromatic N) is 3. The Balaban J connectivity index is 0.00000261. The molecule has 1 aromatic rings. The van der Waals surface area contributed by atoms with E-state index in [1.54, 1.807) is 0 Å². The highest BCUT2D eigenvalue weighted by Gasteiger charge is 2.27. The molecule has 1 fully saturated rings. The summed E-state index contributed by atoms with van der Waals surface area (Å²) in [6, 6.07) is 8.50. The van der Waals surface area contributed by atoms with Crippen LogP contribution in [0.3, 0.4) is 0 Å². The maximum Gasteiger partial charge on any atom is 0.317 e. The number of benzene rings is 1. The third-order valence-electron chi connectivity index (χ3n) is 5.65. The van der Waals surface area contributed by atoms with Crippen molar-refractivity contribution in [2.75, 3.05) is 44.2 Å². The maximum atomic E-state index is 12.6. The third kappa shape index (κ3) is 5.43. The van der Waals surface area contributed by atoms with E-state index in [0.29, 0.717) is 12.5 Å². The fourth-order valence-electron chi connectivity index (χ4n) is 4.17. The number of carbonyl (C=O) groups is 2. The van der Waals surface area contributed by atoms with Crippen molar-refractivity contribution in [3.05, 3.63) is 29.8 Å². The first-order valence-corrected chi connectivity index (χ1v) is 9.65. The standard InChI is InChI=1S/C20H29N3O3.ClH/c1-2-22(15-20(25)26)17-8-11-21(12-9-17)13-10-19(24)23-14-7-16-5-3-4-6-18(16)23;/h3-6,17H,2,7-15H2,1H3,(H,25,26);1H. The number of carbonyl (C=O) groups excluding carboxylic acids is 1. The van der Waals surface area contributed by atoms with E-state index in [9.17, 15) is 9.59 Å². The molecule has 0 spiro atoms. The number of carboxylic acids is 1. The summed E-state index contributed by atoms with van der Waals surface area (Å²) in [5, 5.41) is 9.02. The molecule has 0 saturated carbocycles. The molecule has 27 heavy (non-hydrogen) atoms. The second-order valence-electron chi connectivity index (χ2n) is 7.20. The van der Waals surface area contributed by atoms with Gasteiger partial charge in [0.2, 0.25) is 5.91 Å². The SMILES string of the molecule is CCN(CC(=O)O)C1CCN(CCC(=O)N2CCc3ccccc32)CC1.Cl. The summed E-state index contributed by atoms with van der Waals surface area (Å²) in [6.45, 7) is 6.35. The molecule has 0 bridgehead atoms. The number of likely N-dealkylation sites (N-methyl/N-ethyl adjacent to an activating group) is 1. The normalized spacial score (nSPS) is 17.6. The van der Waals surface area contributed by atoms with Gasteiger partial charge in [0.15, 0.2) is 0 Å². The fraction of sp³-hybridized carbons (Fsp3) is 0.600. The molecular formula is C20H30ClN3O3. The van der Waals surface area contributed by atoms with Crippen molar-refractivity contribution in [1.82, 2.24) is 9.80 Å². The molecule has 6 nitrogen and oxygen atoms in total. The molecule has 2 aliphatic heterocycles. The predicted octanol–water partition coefficient (Wildman–Crippen LogP) is 2.26. The monoisotopic (exact) mass is 395 g/mol. The zero-order chi connectivity index (χ0) is 18.5. The number of rotatable bonds is 7. The van der Waals surface area contributed by atoms with E-state index in [0.717, 1.165) is 57.7 Å². The van der Waals surface area contributed by atoms with Crippen LogP contribution in [0.1, 0.15) is 31.7 Å². The summed E-state index contributed by atoms with van der Waals surface area (Å²) < 4.78 is 0. The first-order valence-electron chi connectivity index (χ1n) is 9.65. The lowest BCUT2D eigenvalue weighted by Gasteiger charge is -2.37. The Hall–Kier alpha value is -1.63. The van der Waals surface area contributed by atoms with Crippen LogP contribution in [0, 0.1) is 0 Å². The zero-order valence-corrected chi connectivity index (χ0v) is 16.8. The minimum atomic E-state index is -0.759. The van der Waals surface area contributed by atoms with E-state index in [-0.39, 0.29) is 24.9 Å². The van der Waals surface area contributed by atoms with Crippen molar-refractivity contribution in [2.45, 2.75) is 38.6 Å². The van der Waals surface area contributed by atoms with Gasteiger partial charge in [-0.25, -0.2) is 0 Å². The van der Waals surface area contributed by atoms with E-state index in [4.69, 9.17) is 5.11 Å². The highest BCUT2D eigenvalue weighted by atomic mass is 35.5. The van der Waals surface area contributed by atoms with Gasteiger partial charge in [0.25, 0.3) is 0 Å². The largest absolute Gasteiger partial charge is 0.480 e. The van der Waals surface area contributed by atoms with Crippen molar-refractivity contribution in [3.63, 3.8) is 0 Å². The van der Waals surface area contributed by atoms with E-state index in [1.807, 2.05) is 34.9 Å². The average Bonchev–Trinajstić information content (AvgIpc) is 3.09. The van der Waals surface area contributed by atoms with Gasteiger partial charge in [-0.3, -0.25) is 14.5 Å². The van der Waals surface area contributed by atoms with Gasteiger partial charge >= 0.3 is 5.97 Å². The number of hydrogen-bond donors (Lipinski definition) is 1. The van der Waals surface area contributed by atoms with Crippen molar-refractivity contribution in [2.24, 2.45) is 0 Å². The quantitative estimate of drug-likeness (QED) is 0.767. The van der Waals surface area contributed by atoms with Gasteiger partial charge in [-0.2, -0.15) is 0 Å². The molecule has 7 heteroatoms. The number of anilines is 1. The van der Waals surface area contributed by atoms with E-state index in [1.165, 1.54) is 5.56 Å². The van der Waals surface area contributed by atoms with E-state index in [2.05, 4.69) is 11.0 Å². The summed E-state index contributed by atoms with van der Waals surface area (Å²) in [6.07, 6.45) is 3.44. The second kappa shape index (κ2) is 10.1. The Morgan fingerprint density at radius 3 is 2.56 bits per heavy atom. The van der Waals surface area contributed by atoms with Crippen LogP contribution in [0.5, 0.6) is 0 Å². The molecule has 1 aromatic carbocycles. The smallest absolute Gasteiger partial charge is 0.317 e. The van der Waals surface area contributed by atoms with Crippen LogP contribution in [0.4, 0.5) is 5.69 Å². The number of hydrogen-bond acceptors (Lipinski definition) is 4. The minimum Gasteiger partial charge on any atom is -0.480 e. The molecule has 0 radical (unpaired) electrons. The molecule has 3 rings (SSSR count). The molecule has 0 unspecified atom stereocenters. The van der Waals surface area contributed by atoms with Crippen molar-refractivity contribution < 1.29 is 14.7 Å². The van der Waals surface area contributed by atoms with Gasteiger partial charge < -0.3 is 14.9 Å². The van der Waals surface area contributed by atoms with Crippen molar-refractivity contribution >= 4 is 30.0 Å². The Kier molecular flexibility index (Phi) is 8.07. The topological polar surface area (TPSA) is 64.1 Å². The molecule has 0 aromatic heterocycles. The van der Waals surface area contributed by atoms with Crippen LogP contribution in [0.2, 0.25) is 0 Å². The van der Waals surface area contributed by atoms with E-state index < -0.39 is 5.97 Å². The Labute approximate surface area is 167 Å². The molecule has 2 aliphatic rings. The number of piperidine rings is 1. The van der Waals surface area contributed by atoms with Crippen LogP contribution < -0.4 is 4.90 Å². The third-order valence-corrected chi connectivity index (χ3v) is 5.65. The van der Waals surface area contributed by atoms with Crippen LogP contribution >= 0.6 is 12.4 Å². The number of fused-ring (bicyclic) bond motifs is 1. The molecule has 2 heterocycles. The van der Waals surface area contributed by atoms with Gasteiger partial charge in [0.05, 0.1) is 6.54 Å². The number of amides is 1. The highest BCUT2D eigenvalue weighted by molar-refractivity contribution is 5.95. The molecule has 150 valence electrons. The number of likely N-dealkylation sites (tertiary alicyclic amines) is 1. The van der Waals surface area contributed by atoms with E-state index >= 15 is 0 Å². The lowest BCUT2D eigenvalue weighted by molar-refractivity contribution is -0.139. The summed E-state index contributed by atoms with van der Waals surface area (Å²) in [5.74, 6) is -0.552. The van der Waals surface area contributed by atoms with Gasteiger partial charge in [-0.05, 0) is 50.5 Å². The van der Waals surface area contributed by atoms with Crippen molar-refractivity contribution in [3.8, 4) is 0 Å². The molecule has 1 amide bonds. The number of halogens is 1. The second-order valence-corrected chi connectivity index (χ2v) is 7.20. The van der Waals surface area contributed by atoms with Gasteiger partial charge in [-0.15, -0.1) is 12.4 Å². The summed E-state index contributed by atoms with van der Waals surface area (Å²) >= 11 is 0. The number of para-hydroxylation sites is 1. The average molecular weight is 396 g/mol. The first kappa shape index (κ1) is 21.7. The molecule has 0 aliphatic carbocycles. The number of aliphatic carboxylic acids is 1. The Morgan fingerprint density at radius 2 is 1.89 bits per heavy atom. The lowest BCUT2D eigenvalue weighted by atomic mass is 10.0. The fourth-order valence-corrected chi connectivity index (χ4v) is 4.17. The minimum absolute atomic E-state index is 0. The van der Waals surface area contributed by atoms with Gasteiger partial charge in [0.1, 0.15) is 0 Å². The van der Waals surface area contributed by atoms with Crippen LogP contribution in [-0.4, -0.2) is 72.1 Å². The lowest BCUT2D eigenvalue weighted by Crippen LogP contribution is -2.47. The maximum absolute atomic E-state index is 12.6. The zero-order valence-electron chi connectivity index (χ0n) is 16.0. The highest BCUT2D eigenvalue weighted by Crippen LogP contribution is 2.28. The first-order chi connectivity index (χ1) is 12.6. The summed E-state index contributed by atoms with van der Waals surface area (Å²) in [5.41, 5.74) is 2.34. The van der Waals surface area contributed by atoms with Crippen LogP contribution in [0.15, 0.2) is 24.3 Å². The summed E-state index contributed by atoms with van der Waals surface area (Å²) in [7, 11) is 0.